The van der Waals surface area contributed by atoms with Crippen molar-refractivity contribution in [1.82, 2.24) is 4.98 Å². The summed E-state index contributed by atoms with van der Waals surface area (Å²) in [4.78, 5) is 27.5. The molecule has 1 aliphatic heterocycles. The minimum absolute atomic E-state index is 0.0296. The predicted octanol–water partition coefficient (Wildman–Crippen LogP) is 3.00. The van der Waals surface area contributed by atoms with Crippen LogP contribution in [0.1, 0.15) is 6.42 Å². The predicted molar refractivity (Wildman–Crippen MR) is 74.8 cm³/mol. The third-order valence-electron chi connectivity index (χ3n) is 2.77. The molecule has 1 aromatic heterocycles. The molecule has 1 aliphatic rings. The number of alkyl halides is 1. The third-order valence-corrected chi connectivity index (χ3v) is 4.33. The highest BCUT2D eigenvalue weighted by Gasteiger charge is 2.35. The summed E-state index contributed by atoms with van der Waals surface area (Å²) >= 11 is 14.6. The van der Waals surface area contributed by atoms with E-state index in [9.17, 15) is 14.9 Å². The van der Waals surface area contributed by atoms with Gasteiger partial charge in [-0.3, -0.25) is 19.8 Å². The Labute approximate surface area is 127 Å². The van der Waals surface area contributed by atoms with Crippen molar-refractivity contribution in [3.8, 4) is 0 Å². The Morgan fingerprint density at radius 2 is 2.32 bits per heavy atom. The summed E-state index contributed by atoms with van der Waals surface area (Å²) < 4.78 is 0.310. The second-order valence-electron chi connectivity index (χ2n) is 4.09. The number of amides is 1. The van der Waals surface area contributed by atoms with Crippen LogP contribution in [0.5, 0.6) is 0 Å². The van der Waals surface area contributed by atoms with Crippen molar-refractivity contribution < 1.29 is 9.72 Å². The lowest BCUT2D eigenvalue weighted by Crippen LogP contribution is -2.26. The first kappa shape index (κ1) is 14.5. The van der Waals surface area contributed by atoms with Crippen LogP contribution in [0.25, 0.3) is 0 Å². The number of nitro groups is 1. The Balaban J connectivity index is 2.47. The van der Waals surface area contributed by atoms with Crippen LogP contribution >= 0.6 is 39.1 Å². The Kier molecular flexibility index (Phi) is 4.27. The molecule has 102 valence electrons. The summed E-state index contributed by atoms with van der Waals surface area (Å²) in [6.45, 7) is 0.314. The second kappa shape index (κ2) is 5.60. The monoisotopic (exact) mass is 367 g/mol. The van der Waals surface area contributed by atoms with E-state index in [1.54, 1.807) is 0 Å². The van der Waals surface area contributed by atoms with E-state index in [2.05, 4.69) is 20.9 Å². The van der Waals surface area contributed by atoms with Crippen LogP contribution in [0.2, 0.25) is 5.15 Å². The molecule has 6 nitrogen and oxygen atoms in total. The van der Waals surface area contributed by atoms with Crippen LogP contribution in [-0.2, 0) is 4.79 Å². The van der Waals surface area contributed by atoms with Crippen molar-refractivity contribution in [2.24, 2.45) is 5.92 Å². The molecule has 2 rings (SSSR count). The Morgan fingerprint density at radius 1 is 1.63 bits per heavy atom. The zero-order valence-electron chi connectivity index (χ0n) is 9.48. The second-order valence-corrected chi connectivity index (χ2v) is 5.61. The van der Waals surface area contributed by atoms with E-state index in [4.69, 9.17) is 23.2 Å². The van der Waals surface area contributed by atoms with Gasteiger partial charge in [-0.15, -0.1) is 11.6 Å². The van der Waals surface area contributed by atoms with Crippen molar-refractivity contribution in [1.29, 1.82) is 0 Å². The fourth-order valence-electron chi connectivity index (χ4n) is 1.87. The van der Waals surface area contributed by atoms with Gasteiger partial charge in [0.2, 0.25) is 11.7 Å². The molecular weight excluding hydrogens is 361 g/mol. The fourth-order valence-corrected chi connectivity index (χ4v) is 2.52. The molecule has 1 fully saturated rings. The van der Waals surface area contributed by atoms with Crippen LogP contribution in [0, 0.1) is 16.0 Å². The van der Waals surface area contributed by atoms with Gasteiger partial charge in [-0.1, -0.05) is 11.6 Å². The SMILES string of the molecule is O=C1CC(CCl)CN1c1nc(Cl)c(Br)cc1[N+](=O)[O-]. The first-order chi connectivity index (χ1) is 8.93. The largest absolute Gasteiger partial charge is 0.313 e. The number of anilines is 1. The van der Waals surface area contributed by atoms with Gasteiger partial charge in [0.05, 0.1) is 9.40 Å². The molecule has 0 spiro atoms. The molecule has 1 unspecified atom stereocenters. The van der Waals surface area contributed by atoms with Gasteiger partial charge in [0.25, 0.3) is 0 Å². The minimum Gasteiger partial charge on any atom is -0.291 e. The number of carbonyl (C=O) groups is 1. The van der Waals surface area contributed by atoms with Crippen LogP contribution in [-0.4, -0.2) is 28.2 Å². The molecular formula is C10H8BrCl2N3O3. The van der Waals surface area contributed by atoms with Gasteiger partial charge in [-0.05, 0) is 21.8 Å². The highest BCUT2D eigenvalue weighted by atomic mass is 79.9. The molecule has 19 heavy (non-hydrogen) atoms. The average Bonchev–Trinajstić information content (AvgIpc) is 2.73. The number of pyridine rings is 1. The number of rotatable bonds is 3. The fraction of sp³-hybridized carbons (Fsp3) is 0.400. The lowest BCUT2D eigenvalue weighted by Gasteiger charge is -2.15. The quantitative estimate of drug-likeness (QED) is 0.355. The van der Waals surface area contributed by atoms with Crippen molar-refractivity contribution in [3.05, 3.63) is 25.8 Å². The molecule has 1 saturated heterocycles. The van der Waals surface area contributed by atoms with E-state index in [0.29, 0.717) is 16.9 Å². The number of hydrogen-bond donors (Lipinski definition) is 0. The Morgan fingerprint density at radius 3 is 2.84 bits per heavy atom. The van der Waals surface area contributed by atoms with Gasteiger partial charge >= 0.3 is 5.69 Å². The zero-order valence-corrected chi connectivity index (χ0v) is 12.6. The molecule has 0 radical (unpaired) electrons. The van der Waals surface area contributed by atoms with Gasteiger partial charge < -0.3 is 0 Å². The van der Waals surface area contributed by atoms with Crippen LogP contribution in [0.15, 0.2) is 10.5 Å². The molecule has 0 saturated carbocycles. The minimum atomic E-state index is -0.593. The molecule has 0 N–H and O–H groups in total. The van der Waals surface area contributed by atoms with Crippen LogP contribution in [0.4, 0.5) is 11.5 Å². The lowest BCUT2D eigenvalue weighted by molar-refractivity contribution is -0.384. The molecule has 1 atom stereocenters. The van der Waals surface area contributed by atoms with Gasteiger partial charge in [0.1, 0.15) is 5.15 Å². The van der Waals surface area contributed by atoms with Crippen LogP contribution in [0.3, 0.4) is 0 Å². The van der Waals surface area contributed by atoms with E-state index in [1.165, 1.54) is 11.0 Å². The molecule has 2 heterocycles. The number of carbonyl (C=O) groups excluding carboxylic acids is 1. The van der Waals surface area contributed by atoms with Crippen LogP contribution < -0.4 is 4.90 Å². The maximum atomic E-state index is 11.9. The summed E-state index contributed by atoms with van der Waals surface area (Å²) in [5.74, 6) is 0.0220. The summed E-state index contributed by atoms with van der Waals surface area (Å²) in [5, 5.41) is 11.1. The standard InChI is InChI=1S/C10H8BrCl2N3O3/c11-6-2-7(16(18)19)10(14-9(6)13)15-4-5(3-12)1-8(15)17/h2,5H,1,3-4H2. The maximum Gasteiger partial charge on any atom is 0.313 e. The summed E-state index contributed by atoms with van der Waals surface area (Å²) in [5.41, 5.74) is -0.264. The van der Waals surface area contributed by atoms with Crippen molar-refractivity contribution in [3.63, 3.8) is 0 Å². The lowest BCUT2D eigenvalue weighted by atomic mass is 10.1. The Hall–Kier alpha value is -0.920. The summed E-state index contributed by atoms with van der Waals surface area (Å²) in [6, 6.07) is 1.24. The van der Waals surface area contributed by atoms with Gasteiger partial charge in [0.15, 0.2) is 0 Å². The van der Waals surface area contributed by atoms with Gasteiger partial charge in [-0.25, -0.2) is 4.98 Å². The molecule has 0 bridgehead atoms. The highest BCUT2D eigenvalue weighted by Crippen LogP contribution is 2.36. The Bertz CT molecular complexity index is 555. The number of halogens is 3. The molecule has 0 aromatic carbocycles. The first-order valence-electron chi connectivity index (χ1n) is 5.30. The summed E-state index contributed by atoms with van der Waals surface area (Å²) in [7, 11) is 0. The highest BCUT2D eigenvalue weighted by molar-refractivity contribution is 9.10. The van der Waals surface area contributed by atoms with Gasteiger partial charge in [-0.2, -0.15) is 0 Å². The molecule has 1 aromatic rings. The molecule has 9 heteroatoms. The number of hydrogen-bond acceptors (Lipinski definition) is 4. The zero-order chi connectivity index (χ0) is 14.2. The van der Waals surface area contributed by atoms with E-state index >= 15 is 0 Å². The maximum absolute atomic E-state index is 11.9. The number of nitrogens with zero attached hydrogens (tertiary/aromatic N) is 3. The average molecular weight is 369 g/mol. The van der Waals surface area contributed by atoms with Gasteiger partial charge in [0, 0.05) is 24.9 Å². The van der Waals surface area contributed by atoms with Crippen molar-refractivity contribution >= 4 is 56.5 Å². The molecule has 0 aliphatic carbocycles. The van der Waals surface area contributed by atoms with E-state index in [1.807, 2.05) is 0 Å². The summed E-state index contributed by atoms with van der Waals surface area (Å²) in [6.07, 6.45) is 0.260. The number of aromatic nitrogens is 1. The smallest absolute Gasteiger partial charge is 0.291 e. The molecule has 1 amide bonds. The third kappa shape index (κ3) is 2.82. The van der Waals surface area contributed by atoms with Crippen molar-refractivity contribution in [2.75, 3.05) is 17.3 Å². The first-order valence-corrected chi connectivity index (χ1v) is 7.01. The topological polar surface area (TPSA) is 76.3 Å². The van der Waals surface area contributed by atoms with E-state index in [-0.39, 0.29) is 34.9 Å². The van der Waals surface area contributed by atoms with Crippen molar-refractivity contribution in [2.45, 2.75) is 6.42 Å². The van der Waals surface area contributed by atoms with E-state index in [0.717, 1.165) is 0 Å². The normalized spacial score (nSPS) is 19.0. The van der Waals surface area contributed by atoms with E-state index < -0.39 is 4.92 Å².